The summed E-state index contributed by atoms with van der Waals surface area (Å²) in [5, 5.41) is 41.5. The summed E-state index contributed by atoms with van der Waals surface area (Å²) in [7, 11) is 0. The maximum atomic E-state index is 12.5. The fourth-order valence-electron chi connectivity index (χ4n) is 3.08. The Kier molecular flexibility index (Phi) is 10.6. The van der Waals surface area contributed by atoms with Gasteiger partial charge in [0.05, 0.1) is 6.61 Å². The summed E-state index contributed by atoms with van der Waals surface area (Å²) < 4.78 is 17.3. The number of rotatable bonds is 14. The fourth-order valence-corrected chi connectivity index (χ4v) is 3.08. The number of amides is 1. The first-order valence-electron chi connectivity index (χ1n) is 11.8. The van der Waals surface area contributed by atoms with Crippen LogP contribution in [-0.4, -0.2) is 67.8 Å². The number of hydrogen-bond acceptors (Lipinski definition) is 10. The molecule has 3 rings (SSSR count). The van der Waals surface area contributed by atoms with Gasteiger partial charge in [0.25, 0.3) is 5.91 Å². The van der Waals surface area contributed by atoms with E-state index in [1.165, 1.54) is 6.92 Å². The zero-order chi connectivity index (χ0) is 27.5. The first-order valence-corrected chi connectivity index (χ1v) is 11.8. The number of carbonyl (C=O) groups excluding carboxylic acids is 1. The molecule has 3 aromatic rings. The number of aromatic nitrogens is 2. The van der Waals surface area contributed by atoms with E-state index >= 15 is 0 Å². The van der Waals surface area contributed by atoms with Gasteiger partial charge in [-0.25, -0.2) is 0 Å². The molecule has 11 heteroatoms. The van der Waals surface area contributed by atoms with Crippen molar-refractivity contribution in [2.45, 2.75) is 38.4 Å². The van der Waals surface area contributed by atoms with Crippen molar-refractivity contribution in [3.63, 3.8) is 0 Å². The van der Waals surface area contributed by atoms with Gasteiger partial charge in [0.1, 0.15) is 38.1 Å². The minimum Gasteiger partial charge on any atom is -0.473 e. The van der Waals surface area contributed by atoms with Gasteiger partial charge in [-0.3, -0.25) is 4.79 Å². The number of hydrogen-bond donors (Lipinski definition) is 5. The predicted octanol–water partition coefficient (Wildman–Crippen LogP) is 1.60. The van der Waals surface area contributed by atoms with Crippen LogP contribution in [0.4, 0.5) is 5.69 Å². The Morgan fingerprint density at radius 3 is 1.92 bits per heavy atom. The van der Waals surface area contributed by atoms with Crippen molar-refractivity contribution < 1.29 is 39.4 Å². The third-order valence-corrected chi connectivity index (χ3v) is 5.24. The molecule has 3 atom stereocenters. The highest BCUT2D eigenvalue weighted by atomic mass is 16.5. The summed E-state index contributed by atoms with van der Waals surface area (Å²) in [5.74, 6) is -0.843. The Balaban J connectivity index is 1.94. The number of nitrogens with one attached hydrogen (secondary N) is 1. The van der Waals surface area contributed by atoms with E-state index < -0.39 is 37.4 Å². The van der Waals surface area contributed by atoms with Gasteiger partial charge in [0, 0.05) is 5.57 Å². The van der Waals surface area contributed by atoms with Crippen molar-refractivity contribution in [3.8, 4) is 17.8 Å². The van der Waals surface area contributed by atoms with E-state index in [2.05, 4.69) is 21.9 Å². The van der Waals surface area contributed by atoms with Crippen molar-refractivity contribution >= 4 is 11.6 Å². The van der Waals surface area contributed by atoms with E-state index in [0.29, 0.717) is 0 Å². The molecule has 38 heavy (non-hydrogen) atoms. The van der Waals surface area contributed by atoms with Gasteiger partial charge in [0.15, 0.2) is 5.69 Å². The van der Waals surface area contributed by atoms with Crippen LogP contribution < -0.4 is 19.5 Å². The molecule has 1 heterocycles. The Morgan fingerprint density at radius 2 is 1.39 bits per heavy atom. The number of carbonyl (C=O) groups is 1. The molecule has 0 bridgehead atoms. The number of nitrogens with zero attached hydrogens (tertiary/aromatic N) is 2. The van der Waals surface area contributed by atoms with Crippen molar-refractivity contribution in [3.05, 3.63) is 83.9 Å². The third-order valence-electron chi connectivity index (χ3n) is 5.24. The summed E-state index contributed by atoms with van der Waals surface area (Å²) in [5.41, 5.74) is 1.82. The minimum absolute atomic E-state index is 0.0506. The lowest BCUT2D eigenvalue weighted by atomic mass is 10.1. The van der Waals surface area contributed by atoms with Crippen molar-refractivity contribution in [1.82, 2.24) is 9.97 Å². The summed E-state index contributed by atoms with van der Waals surface area (Å²) in [6.07, 6.45) is -4.88. The molecule has 0 aliphatic heterocycles. The monoisotopic (exact) mass is 525 g/mol. The molecule has 0 unspecified atom stereocenters. The second kappa shape index (κ2) is 14.1. The molecule has 0 saturated heterocycles. The number of benzene rings is 2. The summed E-state index contributed by atoms with van der Waals surface area (Å²) >= 11 is 0. The molecular weight excluding hydrogens is 494 g/mol. The normalized spacial score (nSPS) is 13.2. The maximum absolute atomic E-state index is 12.5. The van der Waals surface area contributed by atoms with Gasteiger partial charge in [-0.1, -0.05) is 67.2 Å². The van der Waals surface area contributed by atoms with Crippen LogP contribution >= 0.6 is 0 Å². The van der Waals surface area contributed by atoms with E-state index in [9.17, 15) is 20.1 Å². The van der Waals surface area contributed by atoms with Gasteiger partial charge in [0.2, 0.25) is 11.8 Å². The molecule has 1 amide bonds. The standard InChI is InChI=1S/C27H31N3O8/c1-17(2)24(35)28-22-25(36-14-18-9-5-3-6-10-18)29-27(38-15-19-11-7-4-8-12-19)30-26(22)37-16-21(33)23(34)20(32)13-31/h3-12,20-21,23,31-34H,1,13-16H2,2H3,(H,28,35)/t20-,21+,23-/m1/s1. The van der Waals surface area contributed by atoms with Crippen LogP contribution in [0.3, 0.4) is 0 Å². The van der Waals surface area contributed by atoms with Gasteiger partial charge in [-0.05, 0) is 18.1 Å². The van der Waals surface area contributed by atoms with Gasteiger partial charge < -0.3 is 40.0 Å². The van der Waals surface area contributed by atoms with E-state index in [4.69, 9.17) is 19.3 Å². The largest absolute Gasteiger partial charge is 0.473 e. The third kappa shape index (κ3) is 8.25. The Morgan fingerprint density at radius 1 is 0.868 bits per heavy atom. The second-order valence-corrected chi connectivity index (χ2v) is 8.39. The number of aliphatic hydroxyl groups is 4. The van der Waals surface area contributed by atoms with E-state index in [-0.39, 0.29) is 42.2 Å². The van der Waals surface area contributed by atoms with E-state index in [1.807, 2.05) is 60.7 Å². The first kappa shape index (κ1) is 28.5. The van der Waals surface area contributed by atoms with Crippen molar-refractivity contribution in [1.29, 1.82) is 0 Å². The molecular formula is C27H31N3O8. The first-order chi connectivity index (χ1) is 18.3. The lowest BCUT2D eigenvalue weighted by molar-refractivity contribution is -0.112. The van der Waals surface area contributed by atoms with Crippen LogP contribution in [-0.2, 0) is 18.0 Å². The molecule has 5 N–H and O–H groups in total. The zero-order valence-electron chi connectivity index (χ0n) is 20.9. The van der Waals surface area contributed by atoms with E-state index in [1.54, 1.807) is 0 Å². The van der Waals surface area contributed by atoms with Gasteiger partial charge >= 0.3 is 6.01 Å². The van der Waals surface area contributed by atoms with Crippen molar-refractivity contribution in [2.75, 3.05) is 18.5 Å². The highest BCUT2D eigenvalue weighted by molar-refractivity contribution is 6.04. The molecule has 1 aromatic heterocycles. The minimum atomic E-state index is -1.70. The molecule has 0 saturated carbocycles. The quantitative estimate of drug-likeness (QED) is 0.195. The summed E-state index contributed by atoms with van der Waals surface area (Å²) in [6, 6.07) is 18.4. The predicted molar refractivity (Wildman–Crippen MR) is 138 cm³/mol. The summed E-state index contributed by atoms with van der Waals surface area (Å²) in [4.78, 5) is 21.0. The lowest BCUT2D eigenvalue weighted by Gasteiger charge is -2.22. The fraction of sp³-hybridized carbons (Fsp3) is 0.296. The van der Waals surface area contributed by atoms with E-state index in [0.717, 1.165) is 11.1 Å². The molecule has 202 valence electrons. The van der Waals surface area contributed by atoms with Crippen LogP contribution in [0.5, 0.6) is 17.8 Å². The Hall–Kier alpha value is -4.03. The van der Waals surface area contributed by atoms with Crippen LogP contribution in [0.2, 0.25) is 0 Å². The SMILES string of the molecule is C=C(C)C(=O)Nc1c(OCc2ccccc2)nc(OCc2ccccc2)nc1OC[C@H](O)[C@H](O)[C@H](O)CO. The Labute approximate surface area is 220 Å². The number of aliphatic hydroxyl groups excluding tert-OH is 4. The van der Waals surface area contributed by atoms with Crippen LogP contribution in [0.15, 0.2) is 72.8 Å². The molecule has 11 nitrogen and oxygen atoms in total. The van der Waals surface area contributed by atoms with Crippen LogP contribution in [0, 0.1) is 0 Å². The highest BCUT2D eigenvalue weighted by Crippen LogP contribution is 2.35. The average molecular weight is 526 g/mol. The summed E-state index contributed by atoms with van der Waals surface area (Å²) in [6.45, 7) is 4.04. The zero-order valence-corrected chi connectivity index (χ0v) is 20.9. The molecule has 0 spiro atoms. The molecule has 0 fully saturated rings. The lowest BCUT2D eigenvalue weighted by Crippen LogP contribution is -2.42. The van der Waals surface area contributed by atoms with Crippen LogP contribution in [0.1, 0.15) is 18.1 Å². The van der Waals surface area contributed by atoms with Crippen molar-refractivity contribution in [2.24, 2.45) is 0 Å². The number of ether oxygens (including phenoxy) is 3. The number of anilines is 1. The van der Waals surface area contributed by atoms with Gasteiger partial charge in [-0.2, -0.15) is 9.97 Å². The average Bonchev–Trinajstić information content (AvgIpc) is 2.94. The van der Waals surface area contributed by atoms with Crippen LogP contribution in [0.25, 0.3) is 0 Å². The van der Waals surface area contributed by atoms with Gasteiger partial charge in [-0.15, -0.1) is 0 Å². The Bertz CT molecular complexity index is 1190. The smallest absolute Gasteiger partial charge is 0.323 e. The molecule has 2 aromatic carbocycles. The maximum Gasteiger partial charge on any atom is 0.323 e. The molecule has 0 aliphatic carbocycles. The second-order valence-electron chi connectivity index (χ2n) is 8.39. The molecule has 0 aliphatic rings. The molecule has 0 radical (unpaired) electrons. The highest BCUT2D eigenvalue weighted by Gasteiger charge is 2.27. The topological polar surface area (TPSA) is 163 Å².